The summed E-state index contributed by atoms with van der Waals surface area (Å²) in [4.78, 5) is 26.7. The third kappa shape index (κ3) is 4.44. The first-order chi connectivity index (χ1) is 13.8. The summed E-state index contributed by atoms with van der Waals surface area (Å²) in [5.41, 5.74) is 3.46. The maximum Gasteiger partial charge on any atom is 0.313 e. The standard InChI is InChI=1S/C22H25ClN4O2/c1-14-17(23)9-7-10-18(14)25-22(29)21(28)24-12-20(26(2)3)16-13-27(4)19-11-6-5-8-15(16)19/h5-11,13,20H,12H2,1-4H3,(H,24,28)(H,25,29). The summed E-state index contributed by atoms with van der Waals surface area (Å²) in [6.45, 7) is 2.10. The van der Waals surface area contributed by atoms with E-state index in [0.29, 0.717) is 17.3 Å². The molecule has 6 nitrogen and oxygen atoms in total. The molecule has 0 saturated heterocycles. The molecular formula is C22H25ClN4O2. The van der Waals surface area contributed by atoms with Gasteiger partial charge in [-0.2, -0.15) is 0 Å². The molecule has 2 aromatic carbocycles. The van der Waals surface area contributed by atoms with Gasteiger partial charge in [-0.3, -0.25) is 9.59 Å². The van der Waals surface area contributed by atoms with E-state index in [-0.39, 0.29) is 6.04 Å². The molecule has 29 heavy (non-hydrogen) atoms. The lowest BCUT2D eigenvalue weighted by Crippen LogP contribution is -2.40. The van der Waals surface area contributed by atoms with Crippen molar-refractivity contribution < 1.29 is 9.59 Å². The van der Waals surface area contributed by atoms with Crippen molar-refractivity contribution in [1.82, 2.24) is 14.8 Å². The molecule has 3 rings (SSSR count). The molecule has 0 fully saturated rings. The minimum atomic E-state index is -0.717. The summed E-state index contributed by atoms with van der Waals surface area (Å²) < 4.78 is 2.07. The van der Waals surface area contributed by atoms with E-state index in [4.69, 9.17) is 11.6 Å². The first-order valence-electron chi connectivity index (χ1n) is 9.34. The lowest BCUT2D eigenvalue weighted by atomic mass is 10.0. The van der Waals surface area contributed by atoms with Crippen LogP contribution < -0.4 is 10.6 Å². The number of hydrogen-bond donors (Lipinski definition) is 2. The van der Waals surface area contributed by atoms with Crippen LogP contribution in [0.1, 0.15) is 17.2 Å². The van der Waals surface area contributed by atoms with Gasteiger partial charge >= 0.3 is 11.8 Å². The van der Waals surface area contributed by atoms with E-state index >= 15 is 0 Å². The first-order valence-corrected chi connectivity index (χ1v) is 9.72. The van der Waals surface area contributed by atoms with E-state index in [9.17, 15) is 9.59 Å². The second-order valence-electron chi connectivity index (χ2n) is 7.27. The highest BCUT2D eigenvalue weighted by Crippen LogP contribution is 2.28. The van der Waals surface area contributed by atoms with E-state index in [1.54, 1.807) is 25.1 Å². The van der Waals surface area contributed by atoms with Crippen molar-refractivity contribution in [2.75, 3.05) is 26.0 Å². The Kier molecular flexibility index (Phi) is 6.25. The van der Waals surface area contributed by atoms with Crippen molar-refractivity contribution in [3.8, 4) is 0 Å². The van der Waals surface area contributed by atoms with Gasteiger partial charge in [-0.15, -0.1) is 0 Å². The van der Waals surface area contributed by atoms with E-state index in [1.165, 1.54) is 0 Å². The summed E-state index contributed by atoms with van der Waals surface area (Å²) in [7, 11) is 5.90. The number of hydrogen-bond acceptors (Lipinski definition) is 3. The Morgan fingerprint density at radius 1 is 1.10 bits per heavy atom. The van der Waals surface area contributed by atoms with Crippen LogP contribution in [-0.2, 0) is 16.6 Å². The summed E-state index contributed by atoms with van der Waals surface area (Å²) in [5, 5.41) is 7.04. The number of anilines is 1. The van der Waals surface area contributed by atoms with Crippen LogP contribution >= 0.6 is 11.6 Å². The van der Waals surface area contributed by atoms with Gasteiger partial charge in [0, 0.05) is 41.4 Å². The highest BCUT2D eigenvalue weighted by Gasteiger charge is 2.22. The minimum absolute atomic E-state index is 0.0780. The zero-order valence-corrected chi connectivity index (χ0v) is 17.7. The maximum atomic E-state index is 12.4. The second-order valence-corrected chi connectivity index (χ2v) is 7.68. The molecule has 0 aliphatic heterocycles. The molecule has 2 amide bonds. The Morgan fingerprint density at radius 2 is 1.83 bits per heavy atom. The fourth-order valence-electron chi connectivity index (χ4n) is 3.40. The smallest absolute Gasteiger partial charge is 0.313 e. The number of aryl methyl sites for hydroxylation is 1. The molecule has 0 bridgehead atoms. The number of likely N-dealkylation sites (N-methyl/N-ethyl adjacent to an activating group) is 1. The molecule has 1 atom stereocenters. The van der Waals surface area contributed by atoms with Crippen LogP contribution in [0.5, 0.6) is 0 Å². The Labute approximate surface area is 175 Å². The maximum absolute atomic E-state index is 12.4. The monoisotopic (exact) mass is 412 g/mol. The molecule has 0 spiro atoms. The molecule has 152 valence electrons. The molecule has 0 saturated carbocycles. The van der Waals surface area contributed by atoms with Gasteiger partial charge in [0.2, 0.25) is 0 Å². The lowest BCUT2D eigenvalue weighted by Gasteiger charge is -2.24. The zero-order chi connectivity index (χ0) is 21.1. The SMILES string of the molecule is Cc1c(Cl)cccc1NC(=O)C(=O)NCC(c1cn(C)c2ccccc12)N(C)C. The Balaban J connectivity index is 1.72. The minimum Gasteiger partial charge on any atom is -0.350 e. The molecule has 7 heteroatoms. The summed E-state index contributed by atoms with van der Waals surface area (Å²) in [5.74, 6) is -1.40. The van der Waals surface area contributed by atoms with Crippen molar-refractivity contribution in [1.29, 1.82) is 0 Å². The highest BCUT2D eigenvalue weighted by molar-refractivity contribution is 6.40. The number of rotatable bonds is 5. The molecule has 1 aromatic heterocycles. The first kappa shape index (κ1) is 20.9. The average molecular weight is 413 g/mol. The van der Waals surface area contributed by atoms with Crippen molar-refractivity contribution >= 4 is 40.0 Å². The largest absolute Gasteiger partial charge is 0.350 e. The van der Waals surface area contributed by atoms with Crippen LogP contribution in [-0.4, -0.2) is 41.9 Å². The second kappa shape index (κ2) is 8.68. The van der Waals surface area contributed by atoms with Crippen molar-refractivity contribution in [2.45, 2.75) is 13.0 Å². The number of nitrogens with one attached hydrogen (secondary N) is 2. The fourth-order valence-corrected chi connectivity index (χ4v) is 3.58. The van der Waals surface area contributed by atoms with Gasteiger partial charge in [0.1, 0.15) is 0 Å². The van der Waals surface area contributed by atoms with Crippen LogP contribution in [0.2, 0.25) is 5.02 Å². The van der Waals surface area contributed by atoms with Crippen LogP contribution in [0.15, 0.2) is 48.7 Å². The van der Waals surface area contributed by atoms with Gasteiger partial charge < -0.3 is 20.1 Å². The molecule has 1 unspecified atom stereocenters. The number of carbonyl (C=O) groups excluding carboxylic acids is 2. The van der Waals surface area contributed by atoms with Crippen LogP contribution in [0.25, 0.3) is 10.9 Å². The molecule has 0 aliphatic rings. The number of para-hydroxylation sites is 1. The Morgan fingerprint density at radius 3 is 2.55 bits per heavy atom. The van der Waals surface area contributed by atoms with Crippen LogP contribution in [0.3, 0.4) is 0 Å². The fraction of sp³-hybridized carbons (Fsp3) is 0.273. The van der Waals surface area contributed by atoms with E-state index < -0.39 is 11.8 Å². The quantitative estimate of drug-likeness (QED) is 0.630. The summed E-state index contributed by atoms with van der Waals surface area (Å²) in [6, 6.07) is 13.2. The number of carbonyl (C=O) groups is 2. The average Bonchev–Trinajstić information content (AvgIpc) is 3.02. The van der Waals surface area contributed by atoms with Gasteiger partial charge in [-0.1, -0.05) is 35.9 Å². The van der Waals surface area contributed by atoms with E-state index in [2.05, 4.69) is 33.5 Å². The number of benzene rings is 2. The molecule has 2 N–H and O–H groups in total. The summed E-state index contributed by atoms with van der Waals surface area (Å²) in [6.07, 6.45) is 2.07. The zero-order valence-electron chi connectivity index (χ0n) is 17.0. The third-order valence-electron chi connectivity index (χ3n) is 5.09. The molecular weight excluding hydrogens is 388 g/mol. The predicted molar refractivity (Wildman–Crippen MR) is 117 cm³/mol. The predicted octanol–water partition coefficient (Wildman–Crippen LogP) is 3.50. The lowest BCUT2D eigenvalue weighted by molar-refractivity contribution is -0.136. The molecule has 1 heterocycles. The Hall–Kier alpha value is -2.83. The topological polar surface area (TPSA) is 66.4 Å². The Bertz CT molecular complexity index is 1060. The summed E-state index contributed by atoms with van der Waals surface area (Å²) >= 11 is 6.07. The highest BCUT2D eigenvalue weighted by atomic mass is 35.5. The number of aromatic nitrogens is 1. The number of fused-ring (bicyclic) bond motifs is 1. The van der Waals surface area contributed by atoms with Gasteiger partial charge in [0.25, 0.3) is 0 Å². The molecule has 0 radical (unpaired) electrons. The van der Waals surface area contributed by atoms with Gasteiger partial charge in [0.05, 0.1) is 6.04 Å². The van der Waals surface area contributed by atoms with Gasteiger partial charge in [-0.05, 0) is 50.3 Å². The van der Waals surface area contributed by atoms with E-state index in [0.717, 1.165) is 22.0 Å². The van der Waals surface area contributed by atoms with Crippen molar-refractivity contribution in [2.24, 2.45) is 7.05 Å². The number of nitrogens with zero attached hydrogens (tertiary/aromatic N) is 2. The van der Waals surface area contributed by atoms with Crippen molar-refractivity contribution in [3.05, 3.63) is 64.8 Å². The van der Waals surface area contributed by atoms with Crippen LogP contribution in [0.4, 0.5) is 5.69 Å². The molecule has 0 aliphatic carbocycles. The van der Waals surface area contributed by atoms with Crippen LogP contribution in [0, 0.1) is 6.92 Å². The van der Waals surface area contributed by atoms with Gasteiger partial charge in [0.15, 0.2) is 0 Å². The van der Waals surface area contributed by atoms with Crippen molar-refractivity contribution in [3.63, 3.8) is 0 Å². The molecule has 3 aromatic rings. The normalized spacial score (nSPS) is 12.2. The number of amides is 2. The van der Waals surface area contributed by atoms with Gasteiger partial charge in [-0.25, -0.2) is 0 Å². The number of halogens is 1. The van der Waals surface area contributed by atoms with E-state index in [1.807, 2.05) is 38.2 Å². The third-order valence-corrected chi connectivity index (χ3v) is 5.50.